The van der Waals surface area contributed by atoms with Crippen molar-refractivity contribution in [2.24, 2.45) is 0 Å². The highest BCUT2D eigenvalue weighted by Crippen LogP contribution is 2.35. The van der Waals surface area contributed by atoms with Crippen molar-refractivity contribution in [2.45, 2.75) is 37.1 Å². The number of carbonyl (C=O) groups excluding carboxylic acids is 2. The van der Waals surface area contributed by atoms with Gasteiger partial charge in [0, 0.05) is 26.1 Å². The standard InChI is InChI=1S/C13H15BrN2O7/c1-6(17)21-5-8-11(22-7(2)18)10(14)12(23-8)16-4-3-9(19)15-13(16)20/h3-4,8,10-12H,5H2,1-2H3,(H,15,19,20)/t8-,10-,11-,12-/m1/s1. The topological polar surface area (TPSA) is 117 Å². The van der Waals surface area contributed by atoms with E-state index in [9.17, 15) is 19.2 Å². The molecule has 0 radical (unpaired) electrons. The van der Waals surface area contributed by atoms with Gasteiger partial charge < -0.3 is 14.2 Å². The summed E-state index contributed by atoms with van der Waals surface area (Å²) < 4.78 is 16.9. The summed E-state index contributed by atoms with van der Waals surface area (Å²) in [7, 11) is 0. The number of aromatic nitrogens is 2. The molecule has 0 unspecified atom stereocenters. The van der Waals surface area contributed by atoms with Crippen LogP contribution in [0.25, 0.3) is 0 Å². The number of esters is 2. The van der Waals surface area contributed by atoms with Gasteiger partial charge in [0.2, 0.25) is 0 Å². The molecule has 1 aliphatic rings. The van der Waals surface area contributed by atoms with E-state index in [-0.39, 0.29) is 6.61 Å². The second-order valence-electron chi connectivity index (χ2n) is 4.90. The molecule has 126 valence electrons. The molecule has 4 atom stereocenters. The third kappa shape index (κ3) is 4.08. The van der Waals surface area contributed by atoms with Crippen molar-refractivity contribution in [2.75, 3.05) is 6.61 Å². The molecule has 0 aliphatic carbocycles. The molecule has 0 bridgehead atoms. The minimum Gasteiger partial charge on any atom is -0.463 e. The predicted molar refractivity (Wildman–Crippen MR) is 80.1 cm³/mol. The summed E-state index contributed by atoms with van der Waals surface area (Å²) in [4.78, 5) is 46.8. The quantitative estimate of drug-likeness (QED) is 0.553. The average molecular weight is 391 g/mol. The second kappa shape index (κ2) is 7.09. The summed E-state index contributed by atoms with van der Waals surface area (Å²) in [5, 5.41) is 0. The number of nitrogens with one attached hydrogen (secondary N) is 1. The molecule has 1 N–H and O–H groups in total. The van der Waals surface area contributed by atoms with Crippen molar-refractivity contribution in [1.82, 2.24) is 9.55 Å². The number of hydrogen-bond donors (Lipinski definition) is 1. The van der Waals surface area contributed by atoms with Gasteiger partial charge in [0.05, 0.1) is 4.83 Å². The van der Waals surface area contributed by atoms with Crippen molar-refractivity contribution >= 4 is 27.9 Å². The van der Waals surface area contributed by atoms with Gasteiger partial charge in [-0.25, -0.2) is 4.79 Å². The smallest absolute Gasteiger partial charge is 0.330 e. The van der Waals surface area contributed by atoms with Crippen LogP contribution < -0.4 is 11.2 Å². The van der Waals surface area contributed by atoms with Crippen LogP contribution in [0.15, 0.2) is 21.9 Å². The van der Waals surface area contributed by atoms with E-state index in [1.54, 1.807) is 0 Å². The maximum absolute atomic E-state index is 11.9. The van der Waals surface area contributed by atoms with Gasteiger partial charge in [-0.3, -0.25) is 23.9 Å². The predicted octanol–water partition coefficient (Wildman–Crippen LogP) is -0.308. The number of aromatic amines is 1. The van der Waals surface area contributed by atoms with Crippen molar-refractivity contribution in [3.8, 4) is 0 Å². The number of nitrogens with zero attached hydrogens (tertiary/aromatic N) is 1. The lowest BCUT2D eigenvalue weighted by atomic mass is 10.2. The van der Waals surface area contributed by atoms with E-state index >= 15 is 0 Å². The molecule has 0 amide bonds. The number of H-pyrrole nitrogens is 1. The molecule has 1 aliphatic heterocycles. The van der Waals surface area contributed by atoms with Crippen molar-refractivity contribution in [3.63, 3.8) is 0 Å². The second-order valence-corrected chi connectivity index (χ2v) is 5.96. The van der Waals surface area contributed by atoms with E-state index in [0.29, 0.717) is 0 Å². The van der Waals surface area contributed by atoms with Crippen molar-refractivity contribution in [3.05, 3.63) is 33.1 Å². The van der Waals surface area contributed by atoms with Gasteiger partial charge in [-0.15, -0.1) is 0 Å². The molecule has 2 heterocycles. The first-order valence-corrected chi connectivity index (χ1v) is 7.62. The van der Waals surface area contributed by atoms with Gasteiger partial charge in [0.1, 0.15) is 18.8 Å². The average Bonchev–Trinajstić information content (AvgIpc) is 2.73. The van der Waals surface area contributed by atoms with Crippen LogP contribution in [0.2, 0.25) is 0 Å². The Kier molecular flexibility index (Phi) is 5.37. The number of hydrogen-bond acceptors (Lipinski definition) is 7. The first kappa shape index (κ1) is 17.4. The Balaban J connectivity index is 2.27. The molecule has 0 aromatic carbocycles. The Morgan fingerprint density at radius 2 is 2.04 bits per heavy atom. The maximum atomic E-state index is 11.9. The first-order valence-electron chi connectivity index (χ1n) is 6.71. The Labute approximate surface area is 138 Å². The molecule has 1 saturated heterocycles. The normalized spacial score (nSPS) is 26.7. The monoisotopic (exact) mass is 390 g/mol. The van der Waals surface area contributed by atoms with Crippen LogP contribution in [0, 0.1) is 0 Å². The van der Waals surface area contributed by atoms with Crippen LogP contribution in [0.1, 0.15) is 20.1 Å². The largest absolute Gasteiger partial charge is 0.463 e. The minimum absolute atomic E-state index is 0.135. The summed E-state index contributed by atoms with van der Waals surface area (Å²) in [6, 6.07) is 1.17. The summed E-state index contributed by atoms with van der Waals surface area (Å²) in [5.41, 5.74) is -1.20. The summed E-state index contributed by atoms with van der Waals surface area (Å²) in [6.07, 6.45) is -1.09. The maximum Gasteiger partial charge on any atom is 0.330 e. The van der Waals surface area contributed by atoms with Crippen molar-refractivity contribution in [1.29, 1.82) is 0 Å². The highest BCUT2D eigenvalue weighted by atomic mass is 79.9. The molecule has 10 heteroatoms. The van der Waals surface area contributed by atoms with Crippen molar-refractivity contribution < 1.29 is 23.8 Å². The van der Waals surface area contributed by atoms with Gasteiger partial charge in [-0.2, -0.15) is 0 Å². The van der Waals surface area contributed by atoms with Crippen LogP contribution in [0.4, 0.5) is 0 Å². The zero-order valence-corrected chi connectivity index (χ0v) is 13.9. The van der Waals surface area contributed by atoms with Gasteiger partial charge >= 0.3 is 17.6 Å². The summed E-state index contributed by atoms with van der Waals surface area (Å²) in [6.45, 7) is 2.34. The fourth-order valence-corrected chi connectivity index (χ4v) is 3.04. The summed E-state index contributed by atoms with van der Waals surface area (Å²) >= 11 is 3.34. The number of ether oxygens (including phenoxy) is 3. The number of carbonyl (C=O) groups is 2. The molecular weight excluding hydrogens is 376 g/mol. The molecule has 9 nitrogen and oxygen atoms in total. The molecule has 0 saturated carbocycles. The van der Waals surface area contributed by atoms with Crippen LogP contribution >= 0.6 is 15.9 Å². The van der Waals surface area contributed by atoms with E-state index in [0.717, 1.165) is 4.57 Å². The Morgan fingerprint density at radius 1 is 1.35 bits per heavy atom. The van der Waals surface area contributed by atoms with Crippen LogP contribution in [0.3, 0.4) is 0 Å². The lowest BCUT2D eigenvalue weighted by Crippen LogP contribution is -2.37. The van der Waals surface area contributed by atoms with Gasteiger partial charge in [-0.1, -0.05) is 15.9 Å². The van der Waals surface area contributed by atoms with Crippen LogP contribution in [0.5, 0.6) is 0 Å². The van der Waals surface area contributed by atoms with Gasteiger partial charge in [0.15, 0.2) is 6.23 Å². The Morgan fingerprint density at radius 3 is 2.61 bits per heavy atom. The number of halogens is 1. The van der Waals surface area contributed by atoms with E-state index in [2.05, 4.69) is 20.9 Å². The highest BCUT2D eigenvalue weighted by Gasteiger charge is 2.47. The molecule has 2 rings (SSSR count). The van der Waals surface area contributed by atoms with Gasteiger partial charge in [0.25, 0.3) is 5.56 Å². The molecule has 0 spiro atoms. The molecule has 1 aromatic heterocycles. The third-order valence-corrected chi connectivity index (χ3v) is 4.12. The van der Waals surface area contributed by atoms with E-state index in [1.807, 2.05) is 0 Å². The third-order valence-electron chi connectivity index (χ3n) is 3.15. The molecular formula is C13H15BrN2O7. The Hall–Kier alpha value is -1.94. The SMILES string of the molecule is CC(=O)OC[C@H]1O[C@@H](n2ccc(=O)[nH]c2=O)[C@H](Br)[C@@H]1OC(C)=O. The Bertz CT molecular complexity index is 713. The molecule has 1 fully saturated rings. The zero-order chi connectivity index (χ0) is 17.1. The van der Waals surface area contributed by atoms with Crippen LogP contribution in [-0.2, 0) is 23.8 Å². The fourth-order valence-electron chi connectivity index (χ4n) is 2.21. The zero-order valence-electron chi connectivity index (χ0n) is 12.4. The van der Waals surface area contributed by atoms with E-state index in [1.165, 1.54) is 26.1 Å². The van der Waals surface area contributed by atoms with E-state index in [4.69, 9.17) is 14.2 Å². The van der Waals surface area contributed by atoms with Gasteiger partial charge in [-0.05, 0) is 0 Å². The highest BCUT2D eigenvalue weighted by molar-refractivity contribution is 9.09. The first-order chi connectivity index (χ1) is 10.8. The number of alkyl halides is 1. The molecule has 23 heavy (non-hydrogen) atoms. The lowest BCUT2D eigenvalue weighted by Gasteiger charge is -2.19. The minimum atomic E-state index is -0.843. The van der Waals surface area contributed by atoms with E-state index < -0.39 is 46.5 Å². The number of rotatable bonds is 4. The summed E-state index contributed by atoms with van der Waals surface area (Å²) in [5.74, 6) is -1.05. The molecule has 1 aromatic rings. The fraction of sp³-hybridized carbons (Fsp3) is 0.538. The van der Waals surface area contributed by atoms with Crippen LogP contribution in [-0.4, -0.2) is 45.1 Å². The lowest BCUT2D eigenvalue weighted by molar-refractivity contribution is -0.155.